The lowest BCUT2D eigenvalue weighted by Gasteiger charge is -2.09. The lowest BCUT2D eigenvalue weighted by Crippen LogP contribution is -2.05. The molecule has 0 fully saturated rings. The van der Waals surface area contributed by atoms with Gasteiger partial charge in [0.05, 0.1) is 11.1 Å². The quantitative estimate of drug-likeness (QED) is 0.768. The van der Waals surface area contributed by atoms with Crippen molar-refractivity contribution in [3.8, 4) is 0 Å². The summed E-state index contributed by atoms with van der Waals surface area (Å²) in [7, 11) is 0. The molecular weight excluding hydrogens is 266 g/mol. The Bertz CT molecular complexity index is 788. The van der Waals surface area contributed by atoms with E-state index in [4.69, 9.17) is 0 Å². The Labute approximate surface area is 121 Å². The Kier molecular flexibility index (Phi) is 3.47. The molecule has 0 amide bonds. The molecule has 0 atom stereocenters. The van der Waals surface area contributed by atoms with Gasteiger partial charge in [0.1, 0.15) is 5.82 Å². The maximum Gasteiger partial charge on any atom is 0.336 e. The van der Waals surface area contributed by atoms with Crippen LogP contribution in [0.15, 0.2) is 54.9 Å². The van der Waals surface area contributed by atoms with E-state index in [0.29, 0.717) is 23.3 Å². The average Bonchev–Trinajstić information content (AvgIpc) is 2.53. The summed E-state index contributed by atoms with van der Waals surface area (Å²) in [4.78, 5) is 19.9. The molecule has 3 rings (SSSR count). The Morgan fingerprint density at radius 2 is 2.05 bits per heavy atom. The first-order valence-corrected chi connectivity index (χ1v) is 6.50. The maximum absolute atomic E-state index is 11.4. The fourth-order valence-corrected chi connectivity index (χ4v) is 2.14. The van der Waals surface area contributed by atoms with Crippen LogP contribution in [0.25, 0.3) is 10.9 Å². The Morgan fingerprint density at radius 3 is 2.81 bits per heavy atom. The van der Waals surface area contributed by atoms with Crippen LogP contribution in [0.5, 0.6) is 0 Å². The predicted molar refractivity (Wildman–Crippen MR) is 80.3 cm³/mol. The zero-order valence-electron chi connectivity index (χ0n) is 11.2. The zero-order valence-corrected chi connectivity index (χ0v) is 11.2. The van der Waals surface area contributed by atoms with Gasteiger partial charge in [0, 0.05) is 24.3 Å². The lowest BCUT2D eigenvalue weighted by molar-refractivity contribution is 0.0699. The summed E-state index contributed by atoms with van der Waals surface area (Å²) in [6.45, 7) is 0.540. The number of carboxylic acids is 1. The number of carboxylic acid groups (broad SMARTS) is 1. The van der Waals surface area contributed by atoms with Gasteiger partial charge in [0.2, 0.25) is 0 Å². The Balaban J connectivity index is 1.94. The zero-order chi connectivity index (χ0) is 14.7. The minimum Gasteiger partial charge on any atom is -0.478 e. The van der Waals surface area contributed by atoms with Crippen LogP contribution in [0.3, 0.4) is 0 Å². The maximum atomic E-state index is 11.4. The van der Waals surface area contributed by atoms with E-state index in [9.17, 15) is 9.90 Å². The van der Waals surface area contributed by atoms with Gasteiger partial charge in [0.15, 0.2) is 0 Å². The number of nitrogens with zero attached hydrogens (tertiary/aromatic N) is 2. The predicted octanol–water partition coefficient (Wildman–Crippen LogP) is 2.94. The summed E-state index contributed by atoms with van der Waals surface area (Å²) < 4.78 is 0. The molecule has 5 heteroatoms. The second-order valence-corrected chi connectivity index (χ2v) is 4.59. The van der Waals surface area contributed by atoms with Gasteiger partial charge in [-0.3, -0.25) is 4.98 Å². The van der Waals surface area contributed by atoms with Crippen molar-refractivity contribution in [2.24, 2.45) is 0 Å². The molecule has 3 aromatic rings. The standard InChI is InChI=1S/C16H13N3O2/c20-16(21)13-8-15(18-10-11-4-3-7-17-9-11)19-14-6-2-1-5-12(13)14/h1-9H,10H2,(H,18,19)(H,20,21). The molecule has 0 aliphatic heterocycles. The number of benzene rings is 1. The Morgan fingerprint density at radius 1 is 1.19 bits per heavy atom. The summed E-state index contributed by atoms with van der Waals surface area (Å²) in [6, 6.07) is 12.6. The molecule has 0 unspecified atom stereocenters. The molecule has 104 valence electrons. The van der Waals surface area contributed by atoms with Gasteiger partial charge in [-0.2, -0.15) is 0 Å². The molecule has 2 N–H and O–H groups in total. The topological polar surface area (TPSA) is 75.1 Å². The molecule has 2 aromatic heterocycles. The normalized spacial score (nSPS) is 10.5. The number of rotatable bonds is 4. The van der Waals surface area contributed by atoms with Crippen molar-refractivity contribution in [3.05, 3.63) is 66.0 Å². The summed E-state index contributed by atoms with van der Waals surface area (Å²) in [5.41, 5.74) is 1.91. The van der Waals surface area contributed by atoms with Gasteiger partial charge < -0.3 is 10.4 Å². The first-order valence-electron chi connectivity index (χ1n) is 6.50. The van der Waals surface area contributed by atoms with Crippen LogP contribution in [0.4, 0.5) is 5.82 Å². The number of carbonyl (C=O) groups is 1. The van der Waals surface area contributed by atoms with Crippen molar-refractivity contribution in [1.82, 2.24) is 9.97 Å². The fourth-order valence-electron chi connectivity index (χ4n) is 2.14. The van der Waals surface area contributed by atoms with Crippen molar-refractivity contribution in [2.45, 2.75) is 6.54 Å². The minimum atomic E-state index is -0.960. The monoisotopic (exact) mass is 279 g/mol. The third kappa shape index (κ3) is 2.81. The largest absolute Gasteiger partial charge is 0.478 e. The van der Waals surface area contributed by atoms with Crippen molar-refractivity contribution in [1.29, 1.82) is 0 Å². The minimum absolute atomic E-state index is 0.245. The van der Waals surface area contributed by atoms with Crippen LogP contribution in [-0.2, 0) is 6.54 Å². The van der Waals surface area contributed by atoms with Gasteiger partial charge in [-0.25, -0.2) is 9.78 Å². The van der Waals surface area contributed by atoms with E-state index in [1.54, 1.807) is 36.7 Å². The fraction of sp³-hybridized carbons (Fsp3) is 0.0625. The molecule has 21 heavy (non-hydrogen) atoms. The van der Waals surface area contributed by atoms with Gasteiger partial charge in [0.25, 0.3) is 0 Å². The molecular formula is C16H13N3O2. The van der Waals surface area contributed by atoms with E-state index in [2.05, 4.69) is 15.3 Å². The molecule has 0 bridgehead atoms. The summed E-state index contributed by atoms with van der Waals surface area (Å²) >= 11 is 0. The molecule has 2 heterocycles. The molecule has 0 spiro atoms. The Hall–Kier alpha value is -2.95. The number of pyridine rings is 2. The van der Waals surface area contributed by atoms with Crippen molar-refractivity contribution >= 4 is 22.7 Å². The second kappa shape index (κ2) is 5.58. The third-order valence-electron chi connectivity index (χ3n) is 3.14. The number of anilines is 1. The van der Waals surface area contributed by atoms with E-state index < -0.39 is 5.97 Å². The van der Waals surface area contributed by atoms with Crippen LogP contribution in [0, 0.1) is 0 Å². The van der Waals surface area contributed by atoms with Gasteiger partial charge in [-0.15, -0.1) is 0 Å². The molecule has 0 aliphatic carbocycles. The van der Waals surface area contributed by atoms with E-state index in [1.165, 1.54) is 0 Å². The van der Waals surface area contributed by atoms with Gasteiger partial charge in [-0.05, 0) is 23.8 Å². The van der Waals surface area contributed by atoms with Gasteiger partial charge >= 0.3 is 5.97 Å². The van der Waals surface area contributed by atoms with E-state index in [-0.39, 0.29) is 5.56 Å². The van der Waals surface area contributed by atoms with E-state index >= 15 is 0 Å². The van der Waals surface area contributed by atoms with Crippen LogP contribution < -0.4 is 5.32 Å². The second-order valence-electron chi connectivity index (χ2n) is 4.59. The highest BCUT2D eigenvalue weighted by Crippen LogP contribution is 2.21. The molecule has 0 aliphatic rings. The number of aromatic nitrogens is 2. The van der Waals surface area contributed by atoms with Crippen LogP contribution in [0.1, 0.15) is 15.9 Å². The summed E-state index contributed by atoms with van der Waals surface area (Å²) in [5.74, 6) is -0.423. The first kappa shape index (κ1) is 13.1. The van der Waals surface area contributed by atoms with E-state index in [0.717, 1.165) is 5.56 Å². The van der Waals surface area contributed by atoms with Crippen LogP contribution in [0.2, 0.25) is 0 Å². The first-order chi connectivity index (χ1) is 10.2. The molecule has 0 radical (unpaired) electrons. The van der Waals surface area contributed by atoms with Crippen LogP contribution in [-0.4, -0.2) is 21.0 Å². The number of para-hydroxylation sites is 1. The SMILES string of the molecule is O=C(O)c1cc(NCc2cccnc2)nc2ccccc12. The summed E-state index contributed by atoms with van der Waals surface area (Å²) in [6.07, 6.45) is 3.46. The number of hydrogen-bond donors (Lipinski definition) is 2. The number of aromatic carboxylic acids is 1. The average molecular weight is 279 g/mol. The number of fused-ring (bicyclic) bond motifs is 1. The van der Waals surface area contributed by atoms with Crippen molar-refractivity contribution < 1.29 is 9.90 Å². The molecule has 1 aromatic carbocycles. The number of nitrogens with one attached hydrogen (secondary N) is 1. The summed E-state index contributed by atoms with van der Waals surface area (Å²) in [5, 5.41) is 13.1. The van der Waals surface area contributed by atoms with Crippen molar-refractivity contribution in [3.63, 3.8) is 0 Å². The number of hydrogen-bond acceptors (Lipinski definition) is 4. The molecule has 5 nitrogen and oxygen atoms in total. The molecule has 0 saturated carbocycles. The lowest BCUT2D eigenvalue weighted by atomic mass is 10.1. The van der Waals surface area contributed by atoms with Gasteiger partial charge in [-0.1, -0.05) is 24.3 Å². The third-order valence-corrected chi connectivity index (χ3v) is 3.14. The smallest absolute Gasteiger partial charge is 0.336 e. The highest BCUT2D eigenvalue weighted by Gasteiger charge is 2.11. The van der Waals surface area contributed by atoms with E-state index in [1.807, 2.05) is 18.2 Å². The van der Waals surface area contributed by atoms with Crippen LogP contribution >= 0.6 is 0 Å². The van der Waals surface area contributed by atoms with Crippen molar-refractivity contribution in [2.75, 3.05) is 5.32 Å². The highest BCUT2D eigenvalue weighted by molar-refractivity contribution is 6.03. The highest BCUT2D eigenvalue weighted by atomic mass is 16.4. The molecule has 0 saturated heterocycles.